The van der Waals surface area contributed by atoms with Crippen molar-refractivity contribution < 1.29 is 0 Å². The maximum atomic E-state index is 6.51. The summed E-state index contributed by atoms with van der Waals surface area (Å²) in [6.07, 6.45) is 3.20. The first kappa shape index (κ1) is 16.8. The molecule has 0 aromatic carbocycles. The second-order valence-corrected chi connectivity index (χ2v) is 6.68. The summed E-state index contributed by atoms with van der Waals surface area (Å²) in [4.78, 5) is 2.55. The van der Waals surface area contributed by atoms with E-state index in [1.807, 2.05) is 11.7 Å². The van der Waals surface area contributed by atoms with Gasteiger partial charge in [0.25, 0.3) is 0 Å². The summed E-state index contributed by atoms with van der Waals surface area (Å²) in [6, 6.07) is 0.521. The third-order valence-electron chi connectivity index (χ3n) is 5.11. The summed E-state index contributed by atoms with van der Waals surface area (Å²) < 4.78 is 1.95. The van der Waals surface area contributed by atoms with Crippen LogP contribution in [0.1, 0.15) is 51.9 Å². The standard InChI is InChI=1S/C16H29ClN4/c1-6-13-15(17)14(20(5)19-13)10-21-11-16(7-2,8-3)18-9-12(21)4/h12,18H,6-11H2,1-5H3. The minimum absolute atomic E-state index is 0.241. The van der Waals surface area contributed by atoms with Gasteiger partial charge in [-0.15, -0.1) is 0 Å². The smallest absolute Gasteiger partial charge is 0.0863 e. The van der Waals surface area contributed by atoms with Gasteiger partial charge in [-0.1, -0.05) is 32.4 Å². The second kappa shape index (κ2) is 6.67. The molecule has 0 radical (unpaired) electrons. The molecule has 1 unspecified atom stereocenters. The van der Waals surface area contributed by atoms with Crippen molar-refractivity contribution in [1.82, 2.24) is 20.0 Å². The first-order chi connectivity index (χ1) is 9.96. The molecule has 0 spiro atoms. The van der Waals surface area contributed by atoms with E-state index in [1.165, 1.54) is 0 Å². The highest BCUT2D eigenvalue weighted by atomic mass is 35.5. The van der Waals surface area contributed by atoms with Crippen LogP contribution in [0.15, 0.2) is 0 Å². The van der Waals surface area contributed by atoms with E-state index in [4.69, 9.17) is 11.6 Å². The number of hydrogen-bond acceptors (Lipinski definition) is 3. The highest BCUT2D eigenvalue weighted by Crippen LogP contribution is 2.27. The van der Waals surface area contributed by atoms with Crippen LogP contribution in [0.3, 0.4) is 0 Å². The van der Waals surface area contributed by atoms with Crippen molar-refractivity contribution in [3.05, 3.63) is 16.4 Å². The Morgan fingerprint density at radius 1 is 1.33 bits per heavy atom. The Kier molecular flexibility index (Phi) is 5.33. The summed E-state index contributed by atoms with van der Waals surface area (Å²) in [5.74, 6) is 0. The molecule has 1 atom stereocenters. The van der Waals surface area contributed by atoms with E-state index in [0.717, 1.165) is 55.3 Å². The predicted molar refractivity (Wildman–Crippen MR) is 88.8 cm³/mol. The largest absolute Gasteiger partial charge is 0.308 e. The Morgan fingerprint density at radius 2 is 2.00 bits per heavy atom. The molecule has 4 nitrogen and oxygen atoms in total. The van der Waals surface area contributed by atoms with Crippen molar-refractivity contribution in [2.45, 2.75) is 65.1 Å². The number of nitrogens with zero attached hydrogens (tertiary/aromatic N) is 3. The molecule has 5 heteroatoms. The van der Waals surface area contributed by atoms with Crippen molar-refractivity contribution in [2.75, 3.05) is 13.1 Å². The van der Waals surface area contributed by atoms with Crippen molar-refractivity contribution in [1.29, 1.82) is 0 Å². The maximum absolute atomic E-state index is 6.51. The van der Waals surface area contributed by atoms with Crippen LogP contribution in [0, 0.1) is 0 Å². The molecular formula is C16H29ClN4. The van der Waals surface area contributed by atoms with E-state index in [1.54, 1.807) is 0 Å². The van der Waals surface area contributed by atoms with Crippen molar-refractivity contribution >= 4 is 11.6 Å². The average molecular weight is 313 g/mol. The molecule has 1 aromatic heterocycles. The molecule has 0 aliphatic carbocycles. The normalized spacial score (nSPS) is 22.7. The molecule has 2 rings (SSSR count). The van der Waals surface area contributed by atoms with Crippen LogP contribution in [0.25, 0.3) is 0 Å². The zero-order valence-corrected chi connectivity index (χ0v) is 14.8. The van der Waals surface area contributed by atoms with Crippen LogP contribution in [-0.4, -0.2) is 39.4 Å². The van der Waals surface area contributed by atoms with Crippen LogP contribution < -0.4 is 5.32 Å². The molecule has 21 heavy (non-hydrogen) atoms. The molecule has 1 aliphatic heterocycles. The maximum Gasteiger partial charge on any atom is 0.0863 e. The van der Waals surface area contributed by atoms with E-state index in [0.29, 0.717) is 6.04 Å². The SMILES string of the molecule is CCc1nn(C)c(CN2CC(CC)(CC)NCC2C)c1Cl. The lowest BCUT2D eigenvalue weighted by atomic mass is 9.88. The molecule has 1 fully saturated rings. The quantitative estimate of drug-likeness (QED) is 0.907. The minimum atomic E-state index is 0.241. The van der Waals surface area contributed by atoms with Crippen LogP contribution in [0.4, 0.5) is 0 Å². The Bertz CT molecular complexity index is 479. The molecule has 1 aromatic rings. The van der Waals surface area contributed by atoms with Crippen molar-refractivity contribution in [3.63, 3.8) is 0 Å². The average Bonchev–Trinajstić information content (AvgIpc) is 2.77. The van der Waals surface area contributed by atoms with Crippen LogP contribution in [-0.2, 0) is 20.0 Å². The van der Waals surface area contributed by atoms with Crippen LogP contribution in [0.5, 0.6) is 0 Å². The highest BCUT2D eigenvalue weighted by Gasteiger charge is 2.35. The van der Waals surface area contributed by atoms with E-state index in [-0.39, 0.29) is 5.54 Å². The van der Waals surface area contributed by atoms with Gasteiger partial charge in [-0.3, -0.25) is 9.58 Å². The lowest BCUT2D eigenvalue weighted by molar-refractivity contribution is 0.0726. The van der Waals surface area contributed by atoms with Crippen molar-refractivity contribution in [3.8, 4) is 0 Å². The zero-order valence-electron chi connectivity index (χ0n) is 14.0. The fourth-order valence-electron chi connectivity index (χ4n) is 3.21. The summed E-state index contributed by atoms with van der Waals surface area (Å²) in [6.45, 7) is 11.9. The summed E-state index contributed by atoms with van der Waals surface area (Å²) in [5.41, 5.74) is 2.39. The molecule has 1 saturated heterocycles. The zero-order chi connectivity index (χ0) is 15.6. The fraction of sp³-hybridized carbons (Fsp3) is 0.812. The molecule has 0 saturated carbocycles. The molecule has 1 aliphatic rings. The lowest BCUT2D eigenvalue weighted by Crippen LogP contribution is -2.62. The van der Waals surface area contributed by atoms with Gasteiger partial charge in [0.2, 0.25) is 0 Å². The Labute approximate surface area is 133 Å². The minimum Gasteiger partial charge on any atom is -0.308 e. The second-order valence-electron chi connectivity index (χ2n) is 6.31. The summed E-state index contributed by atoms with van der Waals surface area (Å²) >= 11 is 6.51. The monoisotopic (exact) mass is 312 g/mol. The number of nitrogens with one attached hydrogen (secondary N) is 1. The number of halogens is 1. The summed E-state index contributed by atoms with van der Waals surface area (Å²) in [5, 5.41) is 9.14. The number of aromatic nitrogens is 2. The van der Waals surface area contributed by atoms with Gasteiger partial charge in [0.15, 0.2) is 0 Å². The van der Waals surface area contributed by atoms with E-state index >= 15 is 0 Å². The van der Waals surface area contributed by atoms with Gasteiger partial charge >= 0.3 is 0 Å². The number of piperazine rings is 1. The fourth-order valence-corrected chi connectivity index (χ4v) is 3.57. The molecule has 0 bridgehead atoms. The topological polar surface area (TPSA) is 33.1 Å². The van der Waals surface area contributed by atoms with Crippen LogP contribution in [0.2, 0.25) is 5.02 Å². The molecule has 120 valence electrons. The first-order valence-electron chi connectivity index (χ1n) is 8.15. The lowest BCUT2D eigenvalue weighted by Gasteiger charge is -2.46. The van der Waals surface area contributed by atoms with Gasteiger partial charge in [-0.2, -0.15) is 5.10 Å². The van der Waals surface area contributed by atoms with E-state index in [2.05, 4.69) is 43.0 Å². The Hall–Kier alpha value is -0.580. The third-order valence-corrected chi connectivity index (χ3v) is 5.55. The predicted octanol–water partition coefficient (Wildman–Crippen LogP) is 2.99. The molecule has 1 N–H and O–H groups in total. The number of rotatable bonds is 5. The van der Waals surface area contributed by atoms with Crippen LogP contribution >= 0.6 is 11.6 Å². The number of hydrogen-bond donors (Lipinski definition) is 1. The molecular weight excluding hydrogens is 284 g/mol. The Balaban J connectivity index is 2.19. The van der Waals surface area contributed by atoms with Gasteiger partial charge in [0, 0.05) is 38.3 Å². The van der Waals surface area contributed by atoms with Gasteiger partial charge in [-0.25, -0.2) is 0 Å². The first-order valence-corrected chi connectivity index (χ1v) is 8.53. The molecule has 0 amide bonds. The van der Waals surface area contributed by atoms with Gasteiger partial charge < -0.3 is 5.32 Å². The molecule has 2 heterocycles. The van der Waals surface area contributed by atoms with E-state index in [9.17, 15) is 0 Å². The summed E-state index contributed by atoms with van der Waals surface area (Å²) in [7, 11) is 2.00. The van der Waals surface area contributed by atoms with Crippen molar-refractivity contribution in [2.24, 2.45) is 7.05 Å². The van der Waals surface area contributed by atoms with Gasteiger partial charge in [0.1, 0.15) is 0 Å². The number of aryl methyl sites for hydroxylation is 2. The van der Waals surface area contributed by atoms with Gasteiger partial charge in [0.05, 0.1) is 16.4 Å². The highest BCUT2D eigenvalue weighted by molar-refractivity contribution is 6.31. The van der Waals surface area contributed by atoms with E-state index < -0.39 is 0 Å². The van der Waals surface area contributed by atoms with Gasteiger partial charge in [-0.05, 0) is 26.2 Å². The Morgan fingerprint density at radius 3 is 2.52 bits per heavy atom. The third kappa shape index (κ3) is 3.27.